The predicted molar refractivity (Wildman–Crippen MR) is 101 cm³/mol. The van der Waals surface area contributed by atoms with Gasteiger partial charge >= 0.3 is 0 Å². The van der Waals surface area contributed by atoms with Crippen molar-refractivity contribution < 1.29 is 14.0 Å². The molecule has 2 N–H and O–H groups in total. The predicted octanol–water partition coefficient (Wildman–Crippen LogP) is 3.33. The van der Waals surface area contributed by atoms with Gasteiger partial charge in [-0.3, -0.25) is 14.6 Å². The minimum absolute atomic E-state index is 0.0979. The number of halogens is 1. The Kier molecular flexibility index (Phi) is 5.89. The van der Waals surface area contributed by atoms with Crippen molar-refractivity contribution in [2.75, 3.05) is 5.32 Å². The van der Waals surface area contributed by atoms with Gasteiger partial charge in [-0.25, -0.2) is 4.39 Å². The second-order valence-corrected chi connectivity index (χ2v) is 5.98. The van der Waals surface area contributed by atoms with Crippen molar-refractivity contribution in [1.29, 1.82) is 0 Å². The third kappa shape index (κ3) is 5.47. The van der Waals surface area contributed by atoms with Gasteiger partial charge in [0.05, 0.1) is 12.0 Å². The summed E-state index contributed by atoms with van der Waals surface area (Å²) in [5, 5.41) is 5.58. The molecule has 0 aliphatic rings. The maximum absolute atomic E-state index is 13.2. The van der Waals surface area contributed by atoms with E-state index in [1.807, 2.05) is 12.1 Å². The monoisotopic (exact) mass is 363 g/mol. The third-order valence-electron chi connectivity index (χ3n) is 3.87. The van der Waals surface area contributed by atoms with E-state index in [0.29, 0.717) is 23.4 Å². The number of hydrogen-bond acceptors (Lipinski definition) is 3. The molecular formula is C21H18FN3O2. The SMILES string of the molecule is O=C(Cc1cccc(F)c1)Nc1ccc(CNC(=O)c2cccnc2)cc1. The van der Waals surface area contributed by atoms with Crippen LogP contribution in [-0.4, -0.2) is 16.8 Å². The van der Waals surface area contributed by atoms with Gasteiger partial charge in [0.15, 0.2) is 0 Å². The number of anilines is 1. The van der Waals surface area contributed by atoms with Crippen molar-refractivity contribution in [3.05, 3.63) is 95.6 Å². The summed E-state index contributed by atoms with van der Waals surface area (Å²) in [6, 6.07) is 16.5. The number of pyridine rings is 1. The van der Waals surface area contributed by atoms with E-state index < -0.39 is 0 Å². The van der Waals surface area contributed by atoms with E-state index in [-0.39, 0.29) is 24.1 Å². The number of hydrogen-bond donors (Lipinski definition) is 2. The molecule has 0 radical (unpaired) electrons. The van der Waals surface area contributed by atoms with Gasteiger partial charge in [-0.1, -0.05) is 24.3 Å². The average molecular weight is 363 g/mol. The molecular weight excluding hydrogens is 345 g/mol. The summed E-state index contributed by atoms with van der Waals surface area (Å²) in [7, 11) is 0. The van der Waals surface area contributed by atoms with Crippen LogP contribution in [0.5, 0.6) is 0 Å². The average Bonchev–Trinajstić information content (AvgIpc) is 2.68. The first-order chi connectivity index (χ1) is 13.1. The van der Waals surface area contributed by atoms with E-state index >= 15 is 0 Å². The molecule has 27 heavy (non-hydrogen) atoms. The third-order valence-corrected chi connectivity index (χ3v) is 3.87. The van der Waals surface area contributed by atoms with E-state index in [1.54, 1.807) is 42.6 Å². The molecule has 136 valence electrons. The lowest BCUT2D eigenvalue weighted by molar-refractivity contribution is -0.115. The molecule has 2 amide bonds. The van der Waals surface area contributed by atoms with Crippen LogP contribution in [0.15, 0.2) is 73.1 Å². The molecule has 0 aliphatic carbocycles. The molecule has 0 bridgehead atoms. The zero-order valence-electron chi connectivity index (χ0n) is 14.5. The van der Waals surface area contributed by atoms with Crippen LogP contribution in [0.4, 0.5) is 10.1 Å². The van der Waals surface area contributed by atoms with Crippen LogP contribution in [-0.2, 0) is 17.8 Å². The largest absolute Gasteiger partial charge is 0.348 e. The molecule has 1 heterocycles. The van der Waals surface area contributed by atoms with Crippen molar-refractivity contribution in [1.82, 2.24) is 10.3 Å². The van der Waals surface area contributed by atoms with E-state index in [0.717, 1.165) is 5.56 Å². The first kappa shape index (κ1) is 18.3. The number of carbonyl (C=O) groups is 2. The Bertz CT molecular complexity index is 928. The lowest BCUT2D eigenvalue weighted by Gasteiger charge is -2.08. The maximum Gasteiger partial charge on any atom is 0.253 e. The fraction of sp³-hybridized carbons (Fsp3) is 0.0952. The van der Waals surface area contributed by atoms with E-state index in [9.17, 15) is 14.0 Å². The molecule has 0 spiro atoms. The fourth-order valence-electron chi connectivity index (χ4n) is 2.52. The van der Waals surface area contributed by atoms with Gasteiger partial charge in [0, 0.05) is 24.6 Å². The Balaban J connectivity index is 1.51. The molecule has 0 fully saturated rings. The molecule has 0 atom stereocenters. The molecule has 0 saturated heterocycles. The minimum atomic E-state index is -0.363. The van der Waals surface area contributed by atoms with Crippen molar-refractivity contribution in [3.63, 3.8) is 0 Å². The van der Waals surface area contributed by atoms with Crippen molar-refractivity contribution in [2.45, 2.75) is 13.0 Å². The minimum Gasteiger partial charge on any atom is -0.348 e. The number of rotatable bonds is 6. The van der Waals surface area contributed by atoms with Crippen LogP contribution in [0.3, 0.4) is 0 Å². The lowest BCUT2D eigenvalue weighted by atomic mass is 10.1. The molecule has 0 aliphatic heterocycles. The smallest absolute Gasteiger partial charge is 0.253 e. The lowest BCUT2D eigenvalue weighted by Crippen LogP contribution is -2.22. The first-order valence-corrected chi connectivity index (χ1v) is 8.41. The van der Waals surface area contributed by atoms with Crippen LogP contribution in [0, 0.1) is 5.82 Å². The highest BCUT2D eigenvalue weighted by molar-refractivity contribution is 5.94. The molecule has 0 unspecified atom stereocenters. The second kappa shape index (κ2) is 8.71. The highest BCUT2D eigenvalue weighted by Crippen LogP contribution is 2.11. The Hall–Kier alpha value is -3.54. The Labute approximate surface area is 156 Å². The number of nitrogens with one attached hydrogen (secondary N) is 2. The molecule has 3 aromatic rings. The zero-order chi connectivity index (χ0) is 19.1. The molecule has 0 saturated carbocycles. The van der Waals surface area contributed by atoms with Gasteiger partial charge in [-0.2, -0.15) is 0 Å². The van der Waals surface area contributed by atoms with E-state index in [2.05, 4.69) is 15.6 Å². The quantitative estimate of drug-likeness (QED) is 0.706. The van der Waals surface area contributed by atoms with Crippen molar-refractivity contribution >= 4 is 17.5 Å². The first-order valence-electron chi connectivity index (χ1n) is 8.41. The van der Waals surface area contributed by atoms with Gasteiger partial charge in [0.25, 0.3) is 5.91 Å². The summed E-state index contributed by atoms with van der Waals surface area (Å²) in [4.78, 5) is 28.0. The Morgan fingerprint density at radius 3 is 2.48 bits per heavy atom. The topological polar surface area (TPSA) is 71.1 Å². The standard InChI is InChI=1S/C21H18FN3O2/c22-18-5-1-3-16(11-18)12-20(26)25-19-8-6-15(7-9-19)13-24-21(27)17-4-2-10-23-14-17/h1-11,14H,12-13H2,(H,24,27)(H,25,26). The van der Waals surface area contributed by atoms with Gasteiger partial charge in [0.2, 0.25) is 5.91 Å². The molecule has 3 rings (SSSR count). The number of carbonyl (C=O) groups excluding carboxylic acids is 2. The van der Waals surface area contributed by atoms with Gasteiger partial charge < -0.3 is 10.6 Å². The molecule has 2 aromatic carbocycles. The molecule has 1 aromatic heterocycles. The van der Waals surface area contributed by atoms with Crippen LogP contribution >= 0.6 is 0 Å². The highest BCUT2D eigenvalue weighted by Gasteiger charge is 2.07. The van der Waals surface area contributed by atoms with Gasteiger partial charge in [-0.05, 0) is 47.5 Å². The summed E-state index contributed by atoms with van der Waals surface area (Å²) < 4.78 is 13.2. The maximum atomic E-state index is 13.2. The molecule has 5 nitrogen and oxygen atoms in total. The summed E-state index contributed by atoms with van der Waals surface area (Å²) in [5.74, 6) is -0.785. The van der Waals surface area contributed by atoms with Gasteiger partial charge in [0.1, 0.15) is 5.82 Å². The number of aromatic nitrogens is 1. The summed E-state index contributed by atoms with van der Waals surface area (Å²) in [6.07, 6.45) is 3.21. The second-order valence-electron chi connectivity index (χ2n) is 5.98. The molecule has 6 heteroatoms. The summed E-state index contributed by atoms with van der Waals surface area (Å²) >= 11 is 0. The normalized spacial score (nSPS) is 10.3. The number of nitrogens with zero attached hydrogens (tertiary/aromatic N) is 1. The number of benzene rings is 2. The van der Waals surface area contributed by atoms with Crippen LogP contribution in [0.1, 0.15) is 21.5 Å². The van der Waals surface area contributed by atoms with Crippen LogP contribution < -0.4 is 10.6 Å². The summed E-state index contributed by atoms with van der Waals surface area (Å²) in [6.45, 7) is 0.366. The fourth-order valence-corrected chi connectivity index (χ4v) is 2.52. The van der Waals surface area contributed by atoms with E-state index in [1.165, 1.54) is 18.3 Å². The highest BCUT2D eigenvalue weighted by atomic mass is 19.1. The van der Waals surface area contributed by atoms with Crippen LogP contribution in [0.2, 0.25) is 0 Å². The zero-order valence-corrected chi connectivity index (χ0v) is 14.5. The van der Waals surface area contributed by atoms with Crippen LogP contribution in [0.25, 0.3) is 0 Å². The summed E-state index contributed by atoms with van der Waals surface area (Å²) in [5.41, 5.74) is 2.65. The Morgan fingerprint density at radius 1 is 0.963 bits per heavy atom. The van der Waals surface area contributed by atoms with Crippen molar-refractivity contribution in [2.24, 2.45) is 0 Å². The Morgan fingerprint density at radius 2 is 1.78 bits per heavy atom. The van der Waals surface area contributed by atoms with Gasteiger partial charge in [-0.15, -0.1) is 0 Å². The van der Waals surface area contributed by atoms with E-state index in [4.69, 9.17) is 0 Å². The number of amides is 2. The van der Waals surface area contributed by atoms with Crippen molar-refractivity contribution in [3.8, 4) is 0 Å².